The molecule has 11 heteroatoms. The first-order chi connectivity index (χ1) is 21.6. The van der Waals surface area contributed by atoms with Crippen LogP contribution in [-0.2, 0) is 9.53 Å². The average molecular weight is 633 g/mol. The molecule has 2 bridgehead atoms. The molecule has 4 aliphatic carbocycles. The van der Waals surface area contributed by atoms with Gasteiger partial charge in [-0.05, 0) is 93.9 Å². The first-order valence-electron chi connectivity index (χ1n) is 17.6. The summed E-state index contributed by atoms with van der Waals surface area (Å²) in [5.74, 6) is 0.265. The molecule has 254 valence electrons. The lowest BCUT2D eigenvalue weighted by atomic mass is 9.45. The maximum Gasteiger partial charge on any atom is 0.293 e. The number of guanidine groups is 1. The maximum atomic E-state index is 13.2. The Labute approximate surface area is 267 Å². The molecule has 2 heterocycles. The van der Waals surface area contributed by atoms with Crippen LogP contribution in [0.3, 0.4) is 0 Å². The molecule has 0 aromatic heterocycles. The highest BCUT2D eigenvalue weighted by molar-refractivity contribution is 5.90. The zero-order chi connectivity index (χ0) is 32.1. The van der Waals surface area contributed by atoms with Crippen LogP contribution in [-0.4, -0.2) is 103 Å². The quantitative estimate of drug-likeness (QED) is 0.0925. The van der Waals surface area contributed by atoms with E-state index in [0.717, 1.165) is 62.1 Å². The molecule has 45 heavy (non-hydrogen) atoms. The number of piperidine rings is 1. The van der Waals surface area contributed by atoms with E-state index in [2.05, 4.69) is 17.2 Å². The lowest BCUT2D eigenvalue weighted by molar-refractivity contribution is -0.828. The van der Waals surface area contributed by atoms with Gasteiger partial charge in [-0.15, -0.1) is 0 Å². The second-order valence-corrected chi connectivity index (χ2v) is 15.4. The van der Waals surface area contributed by atoms with Gasteiger partial charge in [0.2, 0.25) is 0 Å². The molecule has 5 fully saturated rings. The second-order valence-electron chi connectivity index (χ2n) is 15.4. The van der Waals surface area contributed by atoms with Crippen LogP contribution in [0.25, 0.3) is 0 Å². The highest BCUT2D eigenvalue weighted by atomic mass is 16.5. The summed E-state index contributed by atoms with van der Waals surface area (Å²) >= 11 is 0. The number of allylic oxidation sites excluding steroid dienone is 1. The lowest BCUT2D eigenvalue weighted by Gasteiger charge is -2.61. The number of fused-ring (bicyclic) bond motifs is 1. The van der Waals surface area contributed by atoms with Crippen molar-refractivity contribution in [2.24, 2.45) is 51.1 Å². The summed E-state index contributed by atoms with van der Waals surface area (Å²) in [7, 11) is 1.72. The van der Waals surface area contributed by atoms with E-state index in [-0.39, 0.29) is 59.9 Å². The van der Waals surface area contributed by atoms with Gasteiger partial charge in [-0.2, -0.15) is 0 Å². The number of nitrogens with one attached hydrogen (secondary N) is 2. The monoisotopic (exact) mass is 632 g/mol. The van der Waals surface area contributed by atoms with E-state index in [1.807, 2.05) is 0 Å². The maximum absolute atomic E-state index is 13.2. The number of aliphatic hydroxyl groups excluding tert-OH is 3. The zero-order valence-corrected chi connectivity index (χ0v) is 27.2. The van der Waals surface area contributed by atoms with Crippen molar-refractivity contribution < 1.29 is 40.0 Å². The van der Waals surface area contributed by atoms with E-state index in [0.29, 0.717) is 51.2 Å². The van der Waals surface area contributed by atoms with Gasteiger partial charge >= 0.3 is 0 Å². The number of quaternary nitrogens is 1. The summed E-state index contributed by atoms with van der Waals surface area (Å²) in [5.41, 5.74) is 4.87. The van der Waals surface area contributed by atoms with Crippen molar-refractivity contribution in [3.63, 3.8) is 0 Å². The van der Waals surface area contributed by atoms with Gasteiger partial charge in [0.15, 0.2) is 0 Å². The summed E-state index contributed by atoms with van der Waals surface area (Å²) in [6.07, 6.45) is 6.40. The Morgan fingerprint density at radius 2 is 1.98 bits per heavy atom. The van der Waals surface area contributed by atoms with Crippen LogP contribution in [0.4, 0.5) is 0 Å². The Balaban J connectivity index is 1.38. The van der Waals surface area contributed by atoms with Gasteiger partial charge in [-0.3, -0.25) is 4.90 Å². The van der Waals surface area contributed by atoms with Crippen molar-refractivity contribution in [2.45, 2.75) is 101 Å². The number of aliphatic imine (C=N–C) groups is 1. The number of carbonyl (C=O) groups is 1. The molecule has 6 rings (SSSR count). The van der Waals surface area contributed by atoms with E-state index in [9.17, 15) is 30.3 Å². The average Bonchev–Trinajstić information content (AvgIpc) is 3.38. The lowest BCUT2D eigenvalue weighted by Crippen LogP contribution is -3.19. The predicted octanol–water partition coefficient (Wildman–Crippen LogP) is -1.27. The van der Waals surface area contributed by atoms with Crippen molar-refractivity contribution in [3.8, 4) is 0 Å². The molecule has 0 aromatic rings. The molecular formula is C34H56N4O7. The van der Waals surface area contributed by atoms with Crippen LogP contribution in [0.5, 0.6) is 0 Å². The number of nitrogens with zero attached hydrogens (tertiary/aromatic N) is 1. The van der Waals surface area contributed by atoms with Gasteiger partial charge < -0.3 is 46.1 Å². The number of nitrogens with two attached hydrogens (primary N) is 1. The number of ether oxygens (including phenoxy) is 1. The van der Waals surface area contributed by atoms with Crippen molar-refractivity contribution >= 4 is 11.9 Å². The normalized spacial score (nSPS) is 46.4. The topological polar surface area (TPSA) is 185 Å². The summed E-state index contributed by atoms with van der Waals surface area (Å²) in [6.45, 7) is 5.18. The number of carbonyl (C=O) groups excluding carboxylic acids is 1. The van der Waals surface area contributed by atoms with Gasteiger partial charge in [0.1, 0.15) is 5.60 Å². The van der Waals surface area contributed by atoms with Crippen LogP contribution in [0, 0.1) is 40.4 Å². The molecular weight excluding hydrogens is 576 g/mol. The van der Waals surface area contributed by atoms with Crippen LogP contribution >= 0.6 is 0 Å². The van der Waals surface area contributed by atoms with Crippen molar-refractivity contribution in [1.82, 2.24) is 5.32 Å². The van der Waals surface area contributed by atoms with E-state index < -0.39 is 29.2 Å². The first kappa shape index (κ1) is 33.3. The molecule has 0 amide bonds. The Hall–Kier alpha value is -1.60. The third kappa shape index (κ3) is 5.11. The molecule has 3 saturated carbocycles. The van der Waals surface area contributed by atoms with Gasteiger partial charge in [-0.1, -0.05) is 12.5 Å². The van der Waals surface area contributed by atoms with Crippen molar-refractivity contribution in [1.29, 1.82) is 0 Å². The fourth-order valence-electron chi connectivity index (χ4n) is 11.8. The number of carboxylic acids is 1. The number of aliphatic carboxylic acids is 1. The molecule has 2 aliphatic heterocycles. The van der Waals surface area contributed by atoms with Crippen LogP contribution in [0.1, 0.15) is 77.6 Å². The van der Waals surface area contributed by atoms with Crippen LogP contribution in [0.2, 0.25) is 0 Å². The van der Waals surface area contributed by atoms with Crippen LogP contribution in [0.15, 0.2) is 16.1 Å². The summed E-state index contributed by atoms with van der Waals surface area (Å²) in [4.78, 5) is 18.7. The highest BCUT2D eigenvalue weighted by Gasteiger charge is 2.76. The molecule has 2 saturated heterocycles. The largest absolute Gasteiger partial charge is 0.545 e. The Morgan fingerprint density at radius 1 is 1.18 bits per heavy atom. The van der Waals surface area contributed by atoms with E-state index in [1.165, 1.54) is 0 Å². The van der Waals surface area contributed by atoms with E-state index in [4.69, 9.17) is 10.5 Å². The fourth-order valence-corrected chi connectivity index (χ4v) is 11.8. The van der Waals surface area contributed by atoms with Gasteiger partial charge in [0.25, 0.3) is 5.96 Å². The molecule has 12 unspecified atom stereocenters. The smallest absolute Gasteiger partial charge is 0.293 e. The third-order valence-electron chi connectivity index (χ3n) is 13.7. The number of hydrogen-bond donors (Lipinski definition) is 7. The predicted molar refractivity (Wildman–Crippen MR) is 166 cm³/mol. The minimum Gasteiger partial charge on any atom is -0.545 e. The highest BCUT2D eigenvalue weighted by Crippen LogP contribution is 2.77. The molecule has 0 radical (unpaired) electrons. The Kier molecular flexibility index (Phi) is 9.46. The minimum atomic E-state index is -1.69. The molecule has 11 nitrogen and oxygen atoms in total. The fraction of sp³-hybridized carbons (Fsp3) is 0.882. The summed E-state index contributed by atoms with van der Waals surface area (Å²) < 4.78 is 6.71. The van der Waals surface area contributed by atoms with Gasteiger partial charge in [0.05, 0.1) is 44.0 Å². The molecule has 8 N–H and O–H groups in total. The summed E-state index contributed by atoms with van der Waals surface area (Å²) in [5, 5.41) is 59.4. The van der Waals surface area contributed by atoms with Crippen molar-refractivity contribution in [2.75, 3.05) is 46.4 Å². The first-order valence-corrected chi connectivity index (χ1v) is 17.6. The number of aliphatic hydroxyl groups is 4. The third-order valence-corrected chi connectivity index (χ3v) is 13.7. The van der Waals surface area contributed by atoms with E-state index >= 15 is 0 Å². The number of likely N-dealkylation sites (tertiary alicyclic amines) is 1. The van der Waals surface area contributed by atoms with Crippen molar-refractivity contribution in [3.05, 3.63) is 11.1 Å². The second kappa shape index (κ2) is 12.8. The van der Waals surface area contributed by atoms with Crippen LogP contribution < -0.4 is 21.1 Å². The number of carboxylic acid groups (broad SMARTS) is 1. The minimum absolute atomic E-state index is 0.0509. The number of rotatable bonds is 9. The zero-order valence-electron chi connectivity index (χ0n) is 27.2. The van der Waals surface area contributed by atoms with E-state index in [1.54, 1.807) is 7.05 Å². The van der Waals surface area contributed by atoms with Gasteiger partial charge in [-0.25, -0.2) is 4.99 Å². The SMILES string of the molecule is CN=C(N)[NH+]1CCC(CNCCO)C2(C1)C1CCC(C)C23CC(O)(C2CCC4CC(CCCO)C(O)CC4O2)C(C(=O)[O-])=C3C1. The molecule has 2 spiro atoms. The Morgan fingerprint density at radius 3 is 2.69 bits per heavy atom. The number of hydrogen-bond acceptors (Lipinski definition) is 9. The standard InChI is InChI=1S/C34H56N4O7/c1-20-5-7-23-15-25-29(30(42)43)34(44,28-8-6-22-14-21(4-3-12-39)26(41)16-27(22)45-28)18-32(20,25)33(23)19-38(31(35)36-2)11-9-24(33)17-37-10-13-40/h20-24,26-28,37,39-41,44H,3-19H2,1-2H3,(H2,35,36)(H,42,43). The Bertz CT molecular complexity index is 1180. The molecule has 0 aromatic carbocycles. The molecule has 6 aliphatic rings. The molecule has 12 atom stereocenters. The van der Waals surface area contributed by atoms with Gasteiger partial charge in [0, 0.05) is 49.4 Å². The summed E-state index contributed by atoms with van der Waals surface area (Å²) in [6, 6.07) is 0.